The SMILES string of the molecule is C[CH2][Ge]([CH2]C)([CH2]C)[O]C. The fourth-order valence-electron chi connectivity index (χ4n) is 1.18. The average Bonchev–Trinajstić information content (AvgIpc) is 1.95. The van der Waals surface area contributed by atoms with Crippen molar-refractivity contribution in [1.82, 2.24) is 0 Å². The molecule has 0 fully saturated rings. The van der Waals surface area contributed by atoms with Gasteiger partial charge in [0.05, 0.1) is 0 Å². The molecule has 56 valence electrons. The van der Waals surface area contributed by atoms with Gasteiger partial charge < -0.3 is 0 Å². The summed E-state index contributed by atoms with van der Waals surface area (Å²) in [6.45, 7) is 6.78. The van der Waals surface area contributed by atoms with E-state index in [1.54, 1.807) is 0 Å². The van der Waals surface area contributed by atoms with E-state index in [0.29, 0.717) is 0 Å². The van der Waals surface area contributed by atoms with E-state index in [1.807, 2.05) is 7.11 Å². The Hall–Kier alpha value is 0.503. The summed E-state index contributed by atoms with van der Waals surface area (Å²) in [4.78, 5) is 0. The van der Waals surface area contributed by atoms with Crippen molar-refractivity contribution in [3.63, 3.8) is 0 Å². The van der Waals surface area contributed by atoms with Gasteiger partial charge in [-0.1, -0.05) is 0 Å². The van der Waals surface area contributed by atoms with E-state index < -0.39 is 13.6 Å². The zero-order valence-electron chi connectivity index (χ0n) is 7.03. The molecule has 0 aliphatic carbocycles. The molecule has 9 heavy (non-hydrogen) atoms. The third-order valence-corrected chi connectivity index (χ3v) is 12.3. The normalized spacial score (nSPS) is 12.0. The Balaban J connectivity index is 3.82. The molecule has 0 amide bonds. The van der Waals surface area contributed by atoms with Gasteiger partial charge in [0, 0.05) is 0 Å². The quantitative estimate of drug-likeness (QED) is 0.620. The van der Waals surface area contributed by atoms with Gasteiger partial charge in [-0.05, 0) is 0 Å². The molecule has 0 radical (unpaired) electrons. The van der Waals surface area contributed by atoms with Crippen LogP contribution in [0, 0.1) is 0 Å². The van der Waals surface area contributed by atoms with E-state index >= 15 is 0 Å². The second-order valence-electron chi connectivity index (χ2n) is 2.45. The minimum atomic E-state index is -1.67. The molecule has 0 rings (SSSR count). The van der Waals surface area contributed by atoms with Crippen molar-refractivity contribution < 1.29 is 3.76 Å². The first-order chi connectivity index (χ1) is 4.24. The van der Waals surface area contributed by atoms with Crippen LogP contribution in [0.15, 0.2) is 0 Å². The van der Waals surface area contributed by atoms with E-state index in [9.17, 15) is 0 Å². The van der Waals surface area contributed by atoms with Crippen LogP contribution in [0.3, 0.4) is 0 Å². The van der Waals surface area contributed by atoms with Crippen molar-refractivity contribution in [2.24, 2.45) is 0 Å². The van der Waals surface area contributed by atoms with Gasteiger partial charge in [0.2, 0.25) is 0 Å². The molecule has 0 atom stereocenters. The summed E-state index contributed by atoms with van der Waals surface area (Å²) in [5.41, 5.74) is 0. The molecule has 0 aromatic rings. The van der Waals surface area contributed by atoms with E-state index in [-0.39, 0.29) is 0 Å². The standard InChI is InChI=1S/C7H18GeO/c1-5-8(6-2,7-3)9-4/h5-7H2,1-4H3. The molecule has 1 nitrogen and oxygen atoms in total. The monoisotopic (exact) mass is 192 g/mol. The molecule has 2 heteroatoms. The van der Waals surface area contributed by atoms with Gasteiger partial charge in [-0.25, -0.2) is 0 Å². The van der Waals surface area contributed by atoms with Gasteiger partial charge in [-0.2, -0.15) is 0 Å². The van der Waals surface area contributed by atoms with Crippen molar-refractivity contribution in [3.8, 4) is 0 Å². The molecule has 0 spiro atoms. The van der Waals surface area contributed by atoms with Crippen LogP contribution in [0.4, 0.5) is 0 Å². The predicted octanol–water partition coefficient (Wildman–Crippen LogP) is 2.64. The Labute approximate surface area is 61.5 Å². The molecule has 0 saturated heterocycles. The summed E-state index contributed by atoms with van der Waals surface area (Å²) in [6, 6.07) is 0. The Bertz CT molecular complexity index is 51.8. The summed E-state index contributed by atoms with van der Waals surface area (Å²) in [5.74, 6) is 0. The van der Waals surface area contributed by atoms with Gasteiger partial charge in [0.15, 0.2) is 0 Å². The van der Waals surface area contributed by atoms with Crippen LogP contribution in [0.1, 0.15) is 20.8 Å². The van der Waals surface area contributed by atoms with Crippen LogP contribution in [0.2, 0.25) is 15.8 Å². The van der Waals surface area contributed by atoms with Crippen molar-refractivity contribution >= 4 is 13.6 Å². The van der Waals surface area contributed by atoms with Gasteiger partial charge >= 0.3 is 61.0 Å². The first-order valence-corrected chi connectivity index (χ1v) is 9.10. The summed E-state index contributed by atoms with van der Waals surface area (Å²) in [5, 5.41) is 3.93. The molecule has 0 N–H and O–H groups in total. The second kappa shape index (κ2) is 4.34. The topological polar surface area (TPSA) is 9.23 Å². The molecule has 0 aliphatic heterocycles. The first kappa shape index (κ1) is 9.50. The number of rotatable bonds is 4. The van der Waals surface area contributed by atoms with Gasteiger partial charge in [-0.15, -0.1) is 0 Å². The molecule has 0 heterocycles. The number of hydrogen-bond donors (Lipinski definition) is 0. The second-order valence-corrected chi connectivity index (χ2v) is 12.7. The Morgan fingerprint density at radius 2 is 1.33 bits per heavy atom. The summed E-state index contributed by atoms with van der Waals surface area (Å²) in [6.07, 6.45) is 0. The van der Waals surface area contributed by atoms with E-state index in [2.05, 4.69) is 20.8 Å². The van der Waals surface area contributed by atoms with Gasteiger partial charge in [-0.3, -0.25) is 0 Å². The fourth-order valence-corrected chi connectivity index (χ4v) is 6.15. The van der Waals surface area contributed by atoms with E-state index in [0.717, 1.165) is 0 Å². The number of hydrogen-bond acceptors (Lipinski definition) is 1. The first-order valence-electron chi connectivity index (χ1n) is 3.79. The summed E-state index contributed by atoms with van der Waals surface area (Å²) >= 11 is -1.67. The van der Waals surface area contributed by atoms with Crippen molar-refractivity contribution in [3.05, 3.63) is 0 Å². The fraction of sp³-hybridized carbons (Fsp3) is 1.00. The molecule has 0 unspecified atom stereocenters. The van der Waals surface area contributed by atoms with Crippen LogP contribution >= 0.6 is 0 Å². The van der Waals surface area contributed by atoms with Crippen LogP contribution in [-0.4, -0.2) is 20.7 Å². The van der Waals surface area contributed by atoms with E-state index in [1.165, 1.54) is 15.8 Å². The van der Waals surface area contributed by atoms with Crippen LogP contribution in [0.5, 0.6) is 0 Å². The van der Waals surface area contributed by atoms with Crippen LogP contribution < -0.4 is 0 Å². The molecule has 0 bridgehead atoms. The average molecular weight is 191 g/mol. The molecule has 0 saturated carbocycles. The van der Waals surface area contributed by atoms with Crippen molar-refractivity contribution in [1.29, 1.82) is 0 Å². The van der Waals surface area contributed by atoms with Crippen LogP contribution in [0.25, 0.3) is 0 Å². The third kappa shape index (κ3) is 2.30. The Morgan fingerprint density at radius 1 is 1.00 bits per heavy atom. The predicted molar refractivity (Wildman–Crippen MR) is 44.2 cm³/mol. The zero-order chi connectivity index (χ0) is 7.33. The molecular formula is C7H18GeO. The Kier molecular flexibility index (Phi) is 4.58. The molecule has 0 aromatic carbocycles. The molecule has 0 aromatic heterocycles. The summed E-state index contributed by atoms with van der Waals surface area (Å²) < 4.78 is 5.57. The van der Waals surface area contributed by atoms with Gasteiger partial charge in [0.25, 0.3) is 0 Å². The molecular weight excluding hydrogens is 173 g/mol. The maximum atomic E-state index is 5.57. The van der Waals surface area contributed by atoms with Crippen molar-refractivity contribution in [2.75, 3.05) is 7.11 Å². The van der Waals surface area contributed by atoms with Crippen LogP contribution in [-0.2, 0) is 3.76 Å². The minimum absolute atomic E-state index is 1.31. The van der Waals surface area contributed by atoms with Crippen molar-refractivity contribution in [2.45, 2.75) is 36.5 Å². The maximum absolute atomic E-state index is 5.57. The Morgan fingerprint density at radius 3 is 1.33 bits per heavy atom. The van der Waals surface area contributed by atoms with Gasteiger partial charge in [0.1, 0.15) is 0 Å². The summed E-state index contributed by atoms with van der Waals surface area (Å²) in [7, 11) is 1.89. The molecule has 0 aliphatic rings. The van der Waals surface area contributed by atoms with E-state index in [4.69, 9.17) is 3.76 Å². The zero-order valence-corrected chi connectivity index (χ0v) is 9.13. The third-order valence-electron chi connectivity index (χ3n) is 2.37.